The number of aromatic nitrogens is 1. The molecule has 4 nitrogen and oxygen atoms in total. The average molecular weight is 268 g/mol. The Morgan fingerprint density at radius 2 is 2.22 bits per heavy atom. The molecule has 2 rings (SSSR count). The molecular formula is C13H18ClN3O. The summed E-state index contributed by atoms with van der Waals surface area (Å²) in [5.41, 5.74) is 4.70. The third kappa shape index (κ3) is 4.11. The first kappa shape index (κ1) is 14.6. The van der Waals surface area contributed by atoms with E-state index in [2.05, 4.69) is 10.5 Å². The zero-order chi connectivity index (χ0) is 12.3. The lowest BCUT2D eigenvalue weighted by Crippen LogP contribution is -3.00. The molecule has 0 atom stereocenters. The van der Waals surface area contributed by atoms with E-state index in [1.54, 1.807) is 0 Å². The Bertz CT molecular complexity index is 455. The number of hydrogen-bond donors (Lipinski definition) is 1. The molecule has 0 bridgehead atoms. The van der Waals surface area contributed by atoms with Crippen LogP contribution in [-0.2, 0) is 11.3 Å². The summed E-state index contributed by atoms with van der Waals surface area (Å²) in [5.74, 6) is 0.519. The van der Waals surface area contributed by atoms with E-state index in [4.69, 9.17) is 0 Å². The van der Waals surface area contributed by atoms with E-state index >= 15 is 0 Å². The van der Waals surface area contributed by atoms with Gasteiger partial charge in [-0.15, -0.1) is 0 Å². The van der Waals surface area contributed by atoms with Gasteiger partial charge in [0.05, 0.1) is 0 Å². The van der Waals surface area contributed by atoms with Crippen molar-refractivity contribution in [2.45, 2.75) is 33.2 Å². The standard InChI is InChI=1S/C13H17N3O.ClH/c1-10-5-3-4-8-16(10)9-13(17)15-14-11(2)12-6-7-12;/h3-5,8,12H,6-7,9H2,1-2H3;1H. The number of nitrogens with zero attached hydrogens (tertiary/aromatic N) is 2. The van der Waals surface area contributed by atoms with E-state index < -0.39 is 0 Å². The molecule has 1 N–H and O–H groups in total. The number of hydrogen-bond acceptors (Lipinski definition) is 2. The molecular weight excluding hydrogens is 250 g/mol. The zero-order valence-corrected chi connectivity index (χ0v) is 11.4. The minimum atomic E-state index is -0.0794. The molecule has 1 aromatic heterocycles. The Balaban J connectivity index is 0.00000162. The molecule has 1 amide bonds. The fourth-order valence-corrected chi connectivity index (χ4v) is 1.67. The average Bonchev–Trinajstić information content (AvgIpc) is 3.13. The lowest BCUT2D eigenvalue weighted by molar-refractivity contribution is -0.690. The molecule has 5 heteroatoms. The normalized spacial score (nSPS) is 14.9. The lowest BCUT2D eigenvalue weighted by Gasteiger charge is -2.00. The second kappa shape index (κ2) is 6.50. The number of amides is 1. The van der Waals surface area contributed by atoms with Crippen LogP contribution in [0.1, 0.15) is 25.5 Å². The summed E-state index contributed by atoms with van der Waals surface area (Å²) in [5, 5.41) is 4.12. The molecule has 1 saturated carbocycles. The molecule has 1 aromatic rings. The van der Waals surface area contributed by atoms with Crippen LogP contribution in [-0.4, -0.2) is 11.6 Å². The predicted molar refractivity (Wildman–Crippen MR) is 65.3 cm³/mol. The SMILES string of the molecule is CC(=NNC(=O)C[n+]1ccccc1C)C1CC1.[Cl-]. The van der Waals surface area contributed by atoms with E-state index in [0.29, 0.717) is 12.5 Å². The maximum atomic E-state index is 11.7. The van der Waals surface area contributed by atoms with E-state index in [9.17, 15) is 4.79 Å². The van der Waals surface area contributed by atoms with Crippen molar-refractivity contribution in [3.05, 3.63) is 30.1 Å². The minimum Gasteiger partial charge on any atom is -1.00 e. The number of carbonyl (C=O) groups excluding carboxylic acids is 1. The summed E-state index contributed by atoms with van der Waals surface area (Å²) in [6, 6.07) is 5.85. The van der Waals surface area contributed by atoms with Crippen LogP contribution in [0.15, 0.2) is 29.5 Å². The van der Waals surface area contributed by atoms with Gasteiger partial charge in [0.25, 0.3) is 0 Å². The Morgan fingerprint density at radius 1 is 1.50 bits per heavy atom. The van der Waals surface area contributed by atoms with Crippen LogP contribution >= 0.6 is 0 Å². The van der Waals surface area contributed by atoms with Crippen molar-refractivity contribution >= 4 is 11.6 Å². The molecule has 0 aliphatic heterocycles. The smallest absolute Gasteiger partial charge is 0.305 e. The molecule has 1 heterocycles. The topological polar surface area (TPSA) is 45.3 Å². The molecule has 0 spiro atoms. The fourth-order valence-electron chi connectivity index (χ4n) is 1.67. The maximum absolute atomic E-state index is 11.7. The Morgan fingerprint density at radius 3 is 2.83 bits per heavy atom. The van der Waals surface area contributed by atoms with Crippen LogP contribution in [0.25, 0.3) is 0 Å². The number of aryl methyl sites for hydroxylation is 1. The quantitative estimate of drug-likeness (QED) is 0.390. The summed E-state index contributed by atoms with van der Waals surface area (Å²) in [6.45, 7) is 4.26. The number of carbonyl (C=O) groups is 1. The molecule has 0 saturated heterocycles. The third-order valence-electron chi connectivity index (χ3n) is 3.01. The van der Waals surface area contributed by atoms with Gasteiger partial charge in [-0.2, -0.15) is 9.67 Å². The monoisotopic (exact) mass is 267 g/mol. The second-order valence-corrected chi connectivity index (χ2v) is 4.53. The highest BCUT2D eigenvalue weighted by Crippen LogP contribution is 2.30. The highest BCUT2D eigenvalue weighted by Gasteiger charge is 2.24. The van der Waals surface area contributed by atoms with Crippen LogP contribution in [0, 0.1) is 12.8 Å². The highest BCUT2D eigenvalue weighted by atomic mass is 35.5. The number of hydrazone groups is 1. The first-order chi connectivity index (χ1) is 8.16. The summed E-state index contributed by atoms with van der Waals surface area (Å²) in [6.07, 6.45) is 4.31. The van der Waals surface area contributed by atoms with Crippen molar-refractivity contribution in [2.75, 3.05) is 0 Å². The van der Waals surface area contributed by atoms with Crippen LogP contribution in [0.4, 0.5) is 0 Å². The van der Waals surface area contributed by atoms with Gasteiger partial charge < -0.3 is 12.4 Å². The summed E-state index contributed by atoms with van der Waals surface area (Å²) < 4.78 is 1.90. The van der Waals surface area contributed by atoms with Gasteiger partial charge in [0.1, 0.15) is 0 Å². The van der Waals surface area contributed by atoms with Gasteiger partial charge in [0.15, 0.2) is 11.9 Å². The number of halogens is 1. The summed E-state index contributed by atoms with van der Waals surface area (Å²) in [7, 11) is 0. The number of nitrogens with one attached hydrogen (secondary N) is 1. The van der Waals surface area contributed by atoms with Crippen molar-refractivity contribution in [2.24, 2.45) is 11.0 Å². The zero-order valence-electron chi connectivity index (χ0n) is 10.7. The van der Waals surface area contributed by atoms with Gasteiger partial charge >= 0.3 is 5.91 Å². The summed E-state index contributed by atoms with van der Waals surface area (Å²) in [4.78, 5) is 11.7. The fraction of sp³-hybridized carbons (Fsp3) is 0.462. The Kier molecular flexibility index (Phi) is 5.28. The van der Waals surface area contributed by atoms with Crippen molar-refractivity contribution in [1.29, 1.82) is 0 Å². The van der Waals surface area contributed by atoms with Crippen molar-refractivity contribution in [3.63, 3.8) is 0 Å². The molecule has 0 radical (unpaired) electrons. The van der Waals surface area contributed by atoms with Crippen molar-refractivity contribution < 1.29 is 21.8 Å². The first-order valence-electron chi connectivity index (χ1n) is 5.95. The van der Waals surface area contributed by atoms with Gasteiger partial charge in [-0.1, -0.05) is 6.07 Å². The van der Waals surface area contributed by atoms with Crippen LogP contribution in [0.5, 0.6) is 0 Å². The maximum Gasteiger partial charge on any atom is 0.305 e. The molecule has 0 aromatic carbocycles. The van der Waals surface area contributed by atoms with E-state index in [0.717, 1.165) is 11.4 Å². The first-order valence-corrected chi connectivity index (χ1v) is 5.95. The lowest BCUT2D eigenvalue weighted by atomic mass is 10.3. The van der Waals surface area contributed by atoms with E-state index in [1.807, 2.05) is 42.8 Å². The third-order valence-corrected chi connectivity index (χ3v) is 3.01. The van der Waals surface area contributed by atoms with E-state index in [-0.39, 0.29) is 18.3 Å². The molecule has 98 valence electrons. The number of rotatable bonds is 4. The highest BCUT2D eigenvalue weighted by molar-refractivity contribution is 5.87. The van der Waals surface area contributed by atoms with Gasteiger partial charge in [-0.3, -0.25) is 4.79 Å². The molecule has 0 unspecified atom stereocenters. The van der Waals surface area contributed by atoms with Gasteiger partial charge in [-0.05, 0) is 25.7 Å². The van der Waals surface area contributed by atoms with Crippen molar-refractivity contribution in [3.8, 4) is 0 Å². The van der Waals surface area contributed by atoms with E-state index in [1.165, 1.54) is 12.8 Å². The van der Waals surface area contributed by atoms with Gasteiger partial charge in [0.2, 0.25) is 6.54 Å². The van der Waals surface area contributed by atoms with Crippen LogP contribution < -0.4 is 22.4 Å². The Labute approximate surface area is 114 Å². The number of pyridine rings is 1. The van der Waals surface area contributed by atoms with Crippen LogP contribution in [0.2, 0.25) is 0 Å². The molecule has 18 heavy (non-hydrogen) atoms. The molecule has 1 fully saturated rings. The van der Waals surface area contributed by atoms with Crippen LogP contribution in [0.3, 0.4) is 0 Å². The van der Waals surface area contributed by atoms with Gasteiger partial charge in [0, 0.05) is 24.8 Å². The Hall–Kier alpha value is -1.42. The summed E-state index contributed by atoms with van der Waals surface area (Å²) >= 11 is 0. The minimum absolute atomic E-state index is 0. The van der Waals surface area contributed by atoms with Gasteiger partial charge in [-0.25, -0.2) is 5.43 Å². The van der Waals surface area contributed by atoms with Crippen molar-refractivity contribution in [1.82, 2.24) is 5.43 Å². The predicted octanol–water partition coefficient (Wildman–Crippen LogP) is -1.81. The second-order valence-electron chi connectivity index (χ2n) is 4.53. The largest absolute Gasteiger partial charge is 1.00 e. The molecule has 1 aliphatic carbocycles. The molecule has 1 aliphatic rings.